The van der Waals surface area contributed by atoms with Crippen LogP contribution in [-0.4, -0.2) is 134 Å². The van der Waals surface area contributed by atoms with Gasteiger partial charge in [0.1, 0.15) is 0 Å². The summed E-state index contributed by atoms with van der Waals surface area (Å²) in [6.45, 7) is 0. The average Bonchev–Trinajstić information content (AvgIpc) is 1.54. The van der Waals surface area contributed by atoms with E-state index in [0.29, 0.717) is 0 Å². The van der Waals surface area contributed by atoms with Gasteiger partial charge in [-0.15, -0.1) is 0 Å². The summed E-state index contributed by atoms with van der Waals surface area (Å²) < 4.78 is 25.6. The van der Waals surface area contributed by atoms with Gasteiger partial charge in [0, 0.05) is 98.9 Å². The van der Waals surface area contributed by atoms with Gasteiger partial charge in [-0.1, -0.05) is 0 Å². The molecule has 0 aliphatic carbocycles. The van der Waals surface area contributed by atoms with E-state index in [9.17, 15) is 0 Å². The van der Waals surface area contributed by atoms with Gasteiger partial charge in [0.2, 0.25) is 0 Å². The zero-order valence-electron chi connectivity index (χ0n) is 8.48. The standard InChI is InChI=1S/2Al.2B.3O3Si.2Pb/c;;;;3*1-4(2)3;;/q2*+3;;;3*-2;;. The molecule has 0 N–H and O–H groups in total. The van der Waals surface area contributed by atoms with Crippen LogP contribution in [0.1, 0.15) is 0 Å². The van der Waals surface area contributed by atoms with Gasteiger partial charge in [-0.2, -0.15) is 0 Å². The minimum Gasteiger partial charge on any atom is -0.672 e. The minimum atomic E-state index is -3.63. The quantitative estimate of drug-likeness (QED) is 0.219. The maximum atomic E-state index is 8.52. The van der Waals surface area contributed by atoms with Crippen LogP contribution < -0.4 is 28.8 Å². The fraction of sp³-hybridized carbons (Fsp3) is 0. The van der Waals surface area contributed by atoms with E-state index in [2.05, 4.69) is 0 Å². The molecule has 14 radical (unpaired) electrons. The van der Waals surface area contributed by atoms with Crippen LogP contribution in [0, 0.1) is 0 Å². The molecule has 0 aromatic rings. The largest absolute Gasteiger partial charge is 3.00 e. The van der Waals surface area contributed by atoms with E-state index in [4.69, 9.17) is 42.2 Å². The van der Waals surface area contributed by atoms with Gasteiger partial charge in [0.05, 0.1) is 0 Å². The Kier molecular flexibility index (Phi) is 170. The normalized spacial score (nSPS) is 4.00. The Hall–Kier alpha value is 1.89. The molecule has 9 nitrogen and oxygen atoms in total. The van der Waals surface area contributed by atoms with Crippen molar-refractivity contribution in [2.75, 3.05) is 0 Å². The van der Waals surface area contributed by atoms with E-state index in [1.165, 1.54) is 0 Å². The molecule has 0 amide bonds. The van der Waals surface area contributed by atoms with Gasteiger partial charge in [-0.25, -0.2) is 0 Å². The fourth-order valence-electron chi connectivity index (χ4n) is 0. The van der Waals surface area contributed by atoms with Crippen LogP contribution in [0.15, 0.2) is 0 Å². The van der Waals surface area contributed by atoms with Crippen molar-refractivity contribution >= 4 is 134 Å². The molecule has 0 atom stereocenters. The van der Waals surface area contributed by atoms with E-state index in [0.717, 1.165) is 0 Å². The summed E-state index contributed by atoms with van der Waals surface area (Å²) in [6.07, 6.45) is 0. The van der Waals surface area contributed by atoms with E-state index < -0.39 is 27.5 Å². The maximum absolute atomic E-state index is 8.52. The molecule has 0 aliphatic rings. The zero-order valence-corrected chi connectivity index (χ0v) is 21.6. The molecule has 0 fully saturated rings. The van der Waals surface area contributed by atoms with Gasteiger partial charge in [-0.3, -0.25) is 0 Å². The molecule has 0 aliphatic heterocycles. The third kappa shape index (κ3) is 1430. The maximum Gasteiger partial charge on any atom is 3.00 e. The number of hydrogen-bond acceptors (Lipinski definition) is 9. The van der Waals surface area contributed by atoms with Crippen LogP contribution in [0.3, 0.4) is 0 Å². The first-order valence-corrected chi connectivity index (χ1v) is 5.51. The molecule has 0 bridgehead atoms. The van der Waals surface area contributed by atoms with Gasteiger partial charge in [-0.05, 0) is 0 Å². The average molecular weight is 718 g/mol. The Morgan fingerprint density at radius 3 is 0.500 bits per heavy atom. The molecule has 0 heterocycles. The second-order valence-corrected chi connectivity index (χ2v) is 2.25. The summed E-state index contributed by atoms with van der Waals surface area (Å²) in [5.74, 6) is 0. The van der Waals surface area contributed by atoms with Gasteiger partial charge >= 0.3 is 34.7 Å². The van der Waals surface area contributed by atoms with Crippen molar-refractivity contribution in [1.82, 2.24) is 0 Å². The van der Waals surface area contributed by atoms with Gasteiger partial charge < -0.3 is 42.2 Å². The van der Waals surface area contributed by atoms with Crippen molar-refractivity contribution in [3.63, 3.8) is 0 Å². The van der Waals surface area contributed by atoms with Crippen molar-refractivity contribution in [2.45, 2.75) is 0 Å². The van der Waals surface area contributed by atoms with Crippen molar-refractivity contribution in [3.05, 3.63) is 0 Å². The third-order valence-corrected chi connectivity index (χ3v) is 0. The molecule has 0 aromatic carbocycles. The van der Waals surface area contributed by atoms with Crippen molar-refractivity contribution in [1.29, 1.82) is 0 Å². The van der Waals surface area contributed by atoms with Crippen LogP contribution in [0.4, 0.5) is 0 Å². The van der Waals surface area contributed by atoms with Crippen LogP contribution in [0.25, 0.3) is 0 Å². The topological polar surface area (TPSA) is 190 Å². The van der Waals surface area contributed by atoms with E-state index in [-0.39, 0.29) is 106 Å². The van der Waals surface area contributed by atoms with Crippen molar-refractivity contribution in [3.8, 4) is 0 Å². The summed E-state index contributed by atoms with van der Waals surface area (Å²) in [5, 5.41) is 0. The first-order chi connectivity index (χ1) is 5.20. The van der Waals surface area contributed by atoms with Crippen LogP contribution >= 0.6 is 0 Å². The summed E-state index contributed by atoms with van der Waals surface area (Å²) in [7, 11) is -10.9. The van der Waals surface area contributed by atoms with Crippen LogP contribution in [0.5, 0.6) is 0 Å². The molecular formula is Al2B2O9Pb2Si3. The molecule has 0 rings (SSSR count). The van der Waals surface area contributed by atoms with Gasteiger partial charge in [0.25, 0.3) is 0 Å². The second kappa shape index (κ2) is 51.0. The van der Waals surface area contributed by atoms with E-state index in [1.54, 1.807) is 0 Å². The monoisotopic (exact) mass is 720 g/mol. The Bertz CT molecular complexity index is 133. The molecule has 0 spiro atoms. The number of rotatable bonds is 0. The fourth-order valence-corrected chi connectivity index (χ4v) is 0. The Labute approximate surface area is 173 Å². The summed E-state index contributed by atoms with van der Waals surface area (Å²) >= 11 is 0. The molecule has 0 saturated carbocycles. The zero-order chi connectivity index (χ0) is 10.7. The first-order valence-electron chi connectivity index (χ1n) is 1.84. The predicted molar refractivity (Wildman–Crippen MR) is 53.8 cm³/mol. The van der Waals surface area contributed by atoms with E-state index >= 15 is 0 Å². The molecule has 0 saturated heterocycles. The Morgan fingerprint density at radius 2 is 0.500 bits per heavy atom. The Balaban J connectivity index is -0.00000000827. The van der Waals surface area contributed by atoms with Crippen molar-refractivity contribution < 1.29 is 42.2 Å². The predicted octanol–water partition coefficient (Wildman–Crippen LogP) is -10.9. The SMILES string of the molecule is O=[Si]([O-])[O-].O=[Si]([O-])[O-].O=[Si]([O-])[O-].[Al+3].[Al+3].[B].[B].[Pb].[Pb]. The molecular weight excluding hydrogens is 718 g/mol. The van der Waals surface area contributed by atoms with Crippen molar-refractivity contribution in [2.24, 2.45) is 0 Å². The van der Waals surface area contributed by atoms with E-state index in [1.807, 2.05) is 0 Å². The third-order valence-electron chi connectivity index (χ3n) is 0. The van der Waals surface area contributed by atoms with Crippen LogP contribution in [-0.2, 0) is 13.4 Å². The van der Waals surface area contributed by atoms with Gasteiger partial charge in [0.15, 0.2) is 0 Å². The van der Waals surface area contributed by atoms with Crippen LogP contribution in [0.2, 0.25) is 0 Å². The summed E-state index contributed by atoms with van der Waals surface area (Å²) in [4.78, 5) is 51.1. The smallest absolute Gasteiger partial charge is 0.672 e. The molecule has 86 valence electrons. The Morgan fingerprint density at radius 1 is 0.500 bits per heavy atom. The summed E-state index contributed by atoms with van der Waals surface area (Å²) in [5.41, 5.74) is 0. The molecule has 18 heteroatoms. The molecule has 18 heavy (non-hydrogen) atoms. The summed E-state index contributed by atoms with van der Waals surface area (Å²) in [6, 6.07) is 0. The molecule has 0 unspecified atom stereocenters. The molecule has 0 aromatic heterocycles. The number of hydrogen-bond donors (Lipinski definition) is 0. The second-order valence-electron chi connectivity index (χ2n) is 0.750. The first kappa shape index (κ1) is 59.8. The minimum absolute atomic E-state index is 0.